The highest BCUT2D eigenvalue weighted by atomic mass is 16.3. The molecule has 5 aliphatic rings. The summed E-state index contributed by atoms with van der Waals surface area (Å²) in [4.78, 5) is 2.79. The van der Waals surface area contributed by atoms with Gasteiger partial charge in [0, 0.05) is 6.04 Å². The van der Waals surface area contributed by atoms with E-state index in [9.17, 15) is 5.11 Å². The first-order valence-corrected chi connectivity index (χ1v) is 7.70. The maximum absolute atomic E-state index is 10.6. The van der Waals surface area contributed by atoms with Crippen molar-refractivity contribution >= 4 is 0 Å². The van der Waals surface area contributed by atoms with E-state index >= 15 is 0 Å². The molecule has 0 aromatic carbocycles. The van der Waals surface area contributed by atoms with E-state index in [0.717, 1.165) is 43.1 Å². The van der Waals surface area contributed by atoms with Crippen LogP contribution in [0.2, 0.25) is 0 Å². The Morgan fingerprint density at radius 3 is 2.12 bits per heavy atom. The Balaban J connectivity index is 1.57. The molecule has 2 heteroatoms. The van der Waals surface area contributed by atoms with Crippen LogP contribution in [0.1, 0.15) is 51.4 Å². The first-order valence-electron chi connectivity index (χ1n) is 7.70. The number of piperidine rings is 1. The van der Waals surface area contributed by atoms with Gasteiger partial charge in [0.15, 0.2) is 0 Å². The SMILES string of the molecule is OC12CC3CC(C1)C(N1CCCCC1)C(C3)C2. The van der Waals surface area contributed by atoms with E-state index in [1.54, 1.807) is 0 Å². The predicted octanol–water partition coefficient (Wildman–Crippen LogP) is 2.41. The Kier molecular flexibility index (Phi) is 2.36. The van der Waals surface area contributed by atoms with Crippen LogP contribution in [-0.4, -0.2) is 34.7 Å². The highest BCUT2D eigenvalue weighted by Gasteiger charge is 2.55. The van der Waals surface area contributed by atoms with Gasteiger partial charge in [0.05, 0.1) is 5.60 Å². The standard InChI is InChI=1S/C15H25NO/c17-15-8-11-6-12(9-15)14(13(7-11)10-15)16-4-2-1-3-5-16/h11-14,17H,1-10H2. The first-order chi connectivity index (χ1) is 8.23. The van der Waals surface area contributed by atoms with Crippen LogP contribution in [0.25, 0.3) is 0 Å². The van der Waals surface area contributed by atoms with E-state index in [-0.39, 0.29) is 5.60 Å². The van der Waals surface area contributed by atoms with Crippen LogP contribution in [0.15, 0.2) is 0 Å². The Hall–Kier alpha value is -0.0800. The molecule has 0 aromatic heterocycles. The third-order valence-electron chi connectivity index (χ3n) is 6.00. The van der Waals surface area contributed by atoms with Gasteiger partial charge in [0.25, 0.3) is 0 Å². The van der Waals surface area contributed by atoms with Crippen molar-refractivity contribution in [3.05, 3.63) is 0 Å². The molecule has 96 valence electrons. The molecule has 5 rings (SSSR count). The zero-order valence-corrected chi connectivity index (χ0v) is 10.8. The summed E-state index contributed by atoms with van der Waals surface area (Å²) in [6.45, 7) is 2.67. The van der Waals surface area contributed by atoms with E-state index < -0.39 is 0 Å². The summed E-state index contributed by atoms with van der Waals surface area (Å²) in [6, 6.07) is 0.840. The molecule has 0 aromatic rings. The van der Waals surface area contributed by atoms with Gasteiger partial charge in [-0.2, -0.15) is 0 Å². The number of hydrogen-bond donors (Lipinski definition) is 1. The largest absolute Gasteiger partial charge is 0.390 e. The van der Waals surface area contributed by atoms with Gasteiger partial charge in [-0.1, -0.05) is 6.42 Å². The first kappa shape index (κ1) is 10.8. The van der Waals surface area contributed by atoms with Gasteiger partial charge < -0.3 is 5.11 Å². The Morgan fingerprint density at radius 2 is 1.53 bits per heavy atom. The summed E-state index contributed by atoms with van der Waals surface area (Å²) in [7, 11) is 0. The molecule has 5 fully saturated rings. The third-order valence-corrected chi connectivity index (χ3v) is 6.00. The Morgan fingerprint density at radius 1 is 0.882 bits per heavy atom. The van der Waals surface area contributed by atoms with Gasteiger partial charge in [-0.3, -0.25) is 4.90 Å². The average Bonchev–Trinajstić information content (AvgIpc) is 2.27. The minimum Gasteiger partial charge on any atom is -0.390 e. The number of likely N-dealkylation sites (tertiary alicyclic amines) is 1. The van der Waals surface area contributed by atoms with Crippen molar-refractivity contribution in [2.45, 2.75) is 63.0 Å². The van der Waals surface area contributed by atoms with E-state index in [1.807, 2.05) is 0 Å². The molecule has 1 heterocycles. The number of hydrogen-bond acceptors (Lipinski definition) is 2. The number of rotatable bonds is 1. The lowest BCUT2D eigenvalue weighted by molar-refractivity contribution is -0.161. The molecule has 4 saturated carbocycles. The maximum Gasteiger partial charge on any atom is 0.0657 e. The highest BCUT2D eigenvalue weighted by Crippen LogP contribution is 2.57. The van der Waals surface area contributed by atoms with Crippen LogP contribution < -0.4 is 0 Å². The van der Waals surface area contributed by atoms with Gasteiger partial charge >= 0.3 is 0 Å². The molecule has 4 bridgehead atoms. The Labute approximate surface area is 104 Å². The van der Waals surface area contributed by atoms with E-state index in [2.05, 4.69) is 4.90 Å². The van der Waals surface area contributed by atoms with Gasteiger partial charge in [-0.05, 0) is 75.8 Å². The van der Waals surface area contributed by atoms with Crippen molar-refractivity contribution in [1.82, 2.24) is 4.90 Å². The van der Waals surface area contributed by atoms with Crippen molar-refractivity contribution in [2.75, 3.05) is 13.1 Å². The molecular weight excluding hydrogens is 210 g/mol. The monoisotopic (exact) mass is 235 g/mol. The number of aliphatic hydroxyl groups is 1. The molecule has 0 radical (unpaired) electrons. The second kappa shape index (κ2) is 3.71. The van der Waals surface area contributed by atoms with Crippen molar-refractivity contribution in [2.24, 2.45) is 17.8 Å². The third kappa shape index (κ3) is 1.67. The van der Waals surface area contributed by atoms with Crippen LogP contribution in [-0.2, 0) is 0 Å². The fourth-order valence-corrected chi connectivity index (χ4v) is 5.77. The second-order valence-electron chi connectivity index (χ2n) is 7.28. The van der Waals surface area contributed by atoms with Gasteiger partial charge in [0.1, 0.15) is 0 Å². The molecular formula is C15H25NO. The predicted molar refractivity (Wildman–Crippen MR) is 67.7 cm³/mol. The minimum atomic E-state index is -0.247. The molecule has 0 spiro atoms. The molecule has 2 atom stereocenters. The van der Waals surface area contributed by atoms with Crippen molar-refractivity contribution in [3.8, 4) is 0 Å². The molecule has 17 heavy (non-hydrogen) atoms. The quantitative estimate of drug-likeness (QED) is 0.754. The van der Waals surface area contributed by atoms with E-state index in [4.69, 9.17) is 0 Å². The van der Waals surface area contributed by atoms with E-state index in [0.29, 0.717) is 0 Å². The molecule has 2 nitrogen and oxygen atoms in total. The summed E-state index contributed by atoms with van der Waals surface area (Å²) in [5.74, 6) is 2.51. The Bertz CT molecular complexity index is 294. The summed E-state index contributed by atoms with van der Waals surface area (Å²) in [6.07, 6.45) is 10.4. The molecule has 1 saturated heterocycles. The maximum atomic E-state index is 10.6. The molecule has 1 aliphatic heterocycles. The lowest BCUT2D eigenvalue weighted by Gasteiger charge is -2.60. The van der Waals surface area contributed by atoms with Crippen LogP contribution in [0.3, 0.4) is 0 Å². The normalized spacial score (nSPS) is 54.2. The summed E-state index contributed by atoms with van der Waals surface area (Å²) >= 11 is 0. The van der Waals surface area contributed by atoms with Crippen molar-refractivity contribution in [1.29, 1.82) is 0 Å². The van der Waals surface area contributed by atoms with E-state index in [1.165, 1.54) is 45.2 Å². The fourth-order valence-electron chi connectivity index (χ4n) is 5.77. The van der Waals surface area contributed by atoms with Crippen LogP contribution in [0.5, 0.6) is 0 Å². The van der Waals surface area contributed by atoms with Crippen LogP contribution >= 0.6 is 0 Å². The summed E-state index contributed by atoms with van der Waals surface area (Å²) in [5, 5.41) is 10.6. The van der Waals surface area contributed by atoms with Gasteiger partial charge in [-0.25, -0.2) is 0 Å². The fraction of sp³-hybridized carbons (Fsp3) is 1.00. The molecule has 4 aliphatic carbocycles. The lowest BCUT2D eigenvalue weighted by atomic mass is 9.52. The smallest absolute Gasteiger partial charge is 0.0657 e. The topological polar surface area (TPSA) is 23.5 Å². The molecule has 1 N–H and O–H groups in total. The summed E-state index contributed by atoms with van der Waals surface area (Å²) in [5.41, 5.74) is -0.247. The number of nitrogens with zero attached hydrogens (tertiary/aromatic N) is 1. The second-order valence-corrected chi connectivity index (χ2v) is 7.28. The van der Waals surface area contributed by atoms with Gasteiger partial charge in [0.2, 0.25) is 0 Å². The minimum absolute atomic E-state index is 0.247. The zero-order valence-electron chi connectivity index (χ0n) is 10.8. The highest BCUT2D eigenvalue weighted by molar-refractivity contribution is 5.08. The van der Waals surface area contributed by atoms with Crippen LogP contribution in [0.4, 0.5) is 0 Å². The summed E-state index contributed by atoms with van der Waals surface area (Å²) < 4.78 is 0. The van der Waals surface area contributed by atoms with Crippen molar-refractivity contribution in [3.63, 3.8) is 0 Å². The molecule has 2 unspecified atom stereocenters. The van der Waals surface area contributed by atoms with Crippen molar-refractivity contribution < 1.29 is 5.11 Å². The van der Waals surface area contributed by atoms with Crippen LogP contribution in [0, 0.1) is 17.8 Å². The van der Waals surface area contributed by atoms with Gasteiger partial charge in [-0.15, -0.1) is 0 Å². The zero-order chi connectivity index (χ0) is 11.5. The average molecular weight is 235 g/mol. The lowest BCUT2D eigenvalue weighted by Crippen LogP contribution is -2.62. The molecule has 0 amide bonds.